The van der Waals surface area contributed by atoms with E-state index in [4.69, 9.17) is 9.84 Å². The average Bonchev–Trinajstić information content (AvgIpc) is 3.06. The molecule has 3 rings (SSSR count). The summed E-state index contributed by atoms with van der Waals surface area (Å²) in [7, 11) is 0. The van der Waals surface area contributed by atoms with Crippen LogP contribution in [0.3, 0.4) is 0 Å². The van der Waals surface area contributed by atoms with Crippen LogP contribution in [0, 0.1) is 0 Å². The van der Waals surface area contributed by atoms with E-state index in [-0.39, 0.29) is 12.6 Å². The van der Waals surface area contributed by atoms with Crippen molar-refractivity contribution in [3.63, 3.8) is 0 Å². The van der Waals surface area contributed by atoms with Crippen molar-refractivity contribution >= 4 is 5.91 Å². The van der Waals surface area contributed by atoms with Gasteiger partial charge < -0.3 is 14.7 Å². The molecule has 0 bridgehead atoms. The van der Waals surface area contributed by atoms with Crippen LogP contribution in [-0.4, -0.2) is 96.4 Å². The third-order valence-electron chi connectivity index (χ3n) is 5.70. The summed E-state index contributed by atoms with van der Waals surface area (Å²) >= 11 is 0. The molecule has 0 spiro atoms. The Morgan fingerprint density at radius 3 is 2.65 bits per heavy atom. The zero-order chi connectivity index (χ0) is 16.2. The Kier molecular flexibility index (Phi) is 5.91. The van der Waals surface area contributed by atoms with Gasteiger partial charge in [0.1, 0.15) is 0 Å². The number of piperazine rings is 1. The molecule has 3 aliphatic rings. The first-order valence-corrected chi connectivity index (χ1v) is 9.18. The molecule has 6 nitrogen and oxygen atoms in total. The molecule has 0 aromatic rings. The molecule has 1 N–H and O–H groups in total. The summed E-state index contributed by atoms with van der Waals surface area (Å²) in [5.74, 6) is 0.324. The highest BCUT2D eigenvalue weighted by atomic mass is 16.5. The van der Waals surface area contributed by atoms with Gasteiger partial charge in [-0.3, -0.25) is 14.6 Å². The smallest absolute Gasteiger partial charge is 0.240 e. The van der Waals surface area contributed by atoms with Gasteiger partial charge in [0.05, 0.1) is 12.6 Å². The fraction of sp³-hybridized carbons (Fsp3) is 0.941. The summed E-state index contributed by atoms with van der Waals surface area (Å²) < 4.78 is 5.47. The van der Waals surface area contributed by atoms with Crippen molar-refractivity contribution in [1.29, 1.82) is 0 Å². The second-order valence-electron chi connectivity index (χ2n) is 7.13. The zero-order valence-electron chi connectivity index (χ0n) is 14.3. The predicted molar refractivity (Wildman–Crippen MR) is 88.3 cm³/mol. The summed E-state index contributed by atoms with van der Waals surface area (Å²) in [6.07, 6.45) is 4.25. The Morgan fingerprint density at radius 2 is 1.96 bits per heavy atom. The summed E-state index contributed by atoms with van der Waals surface area (Å²) in [4.78, 5) is 19.8. The quantitative estimate of drug-likeness (QED) is 0.798. The third-order valence-corrected chi connectivity index (χ3v) is 5.70. The first-order chi connectivity index (χ1) is 11.2. The molecule has 0 saturated carbocycles. The number of hydrogen-bond donors (Lipinski definition) is 1. The number of carbonyl (C=O) groups excluding carboxylic acids is 1. The van der Waals surface area contributed by atoms with Gasteiger partial charge in [0.2, 0.25) is 5.91 Å². The molecule has 6 heteroatoms. The van der Waals surface area contributed by atoms with Gasteiger partial charge in [0.25, 0.3) is 0 Å². The monoisotopic (exact) mass is 325 g/mol. The number of amides is 1. The highest BCUT2D eigenvalue weighted by Crippen LogP contribution is 2.27. The van der Waals surface area contributed by atoms with E-state index in [0.717, 1.165) is 65.1 Å². The average molecular weight is 325 g/mol. The molecule has 3 fully saturated rings. The van der Waals surface area contributed by atoms with E-state index in [0.29, 0.717) is 24.5 Å². The van der Waals surface area contributed by atoms with Gasteiger partial charge in [0.15, 0.2) is 0 Å². The molecule has 0 unspecified atom stereocenters. The van der Waals surface area contributed by atoms with Gasteiger partial charge in [-0.05, 0) is 39.2 Å². The minimum Gasteiger partial charge on any atom is -0.395 e. The molecule has 0 radical (unpaired) electrons. The number of aliphatic hydroxyl groups excluding tert-OH is 1. The Labute approximate surface area is 139 Å². The fourth-order valence-electron chi connectivity index (χ4n) is 4.37. The lowest BCUT2D eigenvalue weighted by molar-refractivity contribution is -0.140. The van der Waals surface area contributed by atoms with E-state index in [9.17, 15) is 4.79 Å². The molecular weight excluding hydrogens is 294 g/mol. The van der Waals surface area contributed by atoms with E-state index >= 15 is 0 Å². The van der Waals surface area contributed by atoms with Crippen LogP contribution in [0.5, 0.6) is 0 Å². The van der Waals surface area contributed by atoms with Crippen molar-refractivity contribution < 1.29 is 14.6 Å². The Morgan fingerprint density at radius 1 is 1.17 bits per heavy atom. The molecule has 23 heavy (non-hydrogen) atoms. The lowest BCUT2D eigenvalue weighted by Gasteiger charge is -2.42. The van der Waals surface area contributed by atoms with Crippen molar-refractivity contribution in [2.75, 3.05) is 52.5 Å². The summed E-state index contributed by atoms with van der Waals surface area (Å²) in [6.45, 7) is 8.23. The fourth-order valence-corrected chi connectivity index (χ4v) is 4.37. The molecule has 0 aliphatic carbocycles. The third kappa shape index (κ3) is 3.87. The highest BCUT2D eigenvalue weighted by Gasteiger charge is 2.39. The summed E-state index contributed by atoms with van der Waals surface area (Å²) in [5, 5.41) is 9.12. The molecule has 3 aliphatic heterocycles. The number of nitrogens with zero attached hydrogens (tertiary/aromatic N) is 3. The molecular formula is C17H31N3O3. The van der Waals surface area contributed by atoms with Crippen LogP contribution in [0.4, 0.5) is 0 Å². The van der Waals surface area contributed by atoms with Gasteiger partial charge in [-0.1, -0.05) is 0 Å². The molecule has 0 aromatic heterocycles. The van der Waals surface area contributed by atoms with Crippen LogP contribution in [0.25, 0.3) is 0 Å². The number of carbonyl (C=O) groups is 1. The minimum atomic E-state index is 0.0784. The van der Waals surface area contributed by atoms with Crippen LogP contribution in [0.2, 0.25) is 0 Å². The van der Waals surface area contributed by atoms with Crippen LogP contribution < -0.4 is 0 Å². The second kappa shape index (κ2) is 7.92. The molecule has 3 saturated heterocycles. The Hall–Kier alpha value is -0.690. The normalized spacial score (nSPS) is 31.7. The first-order valence-electron chi connectivity index (χ1n) is 9.18. The molecule has 2 atom stereocenters. The van der Waals surface area contributed by atoms with Crippen LogP contribution >= 0.6 is 0 Å². The van der Waals surface area contributed by atoms with Crippen molar-refractivity contribution in [3.05, 3.63) is 0 Å². The number of aliphatic hydroxyl groups is 1. The van der Waals surface area contributed by atoms with Gasteiger partial charge in [0, 0.05) is 51.5 Å². The van der Waals surface area contributed by atoms with Gasteiger partial charge in [-0.2, -0.15) is 0 Å². The lowest BCUT2D eigenvalue weighted by Crippen LogP contribution is -2.58. The van der Waals surface area contributed by atoms with E-state index in [1.165, 1.54) is 0 Å². The van der Waals surface area contributed by atoms with E-state index in [2.05, 4.69) is 21.6 Å². The number of ether oxygens (including phenoxy) is 1. The largest absolute Gasteiger partial charge is 0.395 e. The Balaban J connectivity index is 1.58. The highest BCUT2D eigenvalue weighted by molar-refractivity contribution is 5.82. The van der Waals surface area contributed by atoms with Gasteiger partial charge >= 0.3 is 0 Å². The first kappa shape index (κ1) is 17.1. The Bertz CT molecular complexity index is 401. The SMILES string of the molecule is C[C@@H]1CN(C(=O)[C@H]2CCCN2C2CCOCC2)CCN1CCO. The predicted octanol–water partition coefficient (Wildman–Crippen LogP) is 0.155. The van der Waals surface area contributed by atoms with Crippen molar-refractivity contribution in [1.82, 2.24) is 14.7 Å². The number of hydrogen-bond acceptors (Lipinski definition) is 5. The van der Waals surface area contributed by atoms with E-state index in [1.807, 2.05) is 0 Å². The maximum absolute atomic E-state index is 13.0. The van der Waals surface area contributed by atoms with Crippen molar-refractivity contribution in [2.45, 2.75) is 50.7 Å². The number of rotatable bonds is 4. The van der Waals surface area contributed by atoms with Crippen LogP contribution in [0.15, 0.2) is 0 Å². The van der Waals surface area contributed by atoms with Gasteiger partial charge in [-0.15, -0.1) is 0 Å². The maximum atomic E-state index is 13.0. The van der Waals surface area contributed by atoms with Gasteiger partial charge in [-0.25, -0.2) is 0 Å². The van der Waals surface area contributed by atoms with Crippen LogP contribution in [-0.2, 0) is 9.53 Å². The minimum absolute atomic E-state index is 0.0784. The molecule has 132 valence electrons. The molecule has 0 aromatic carbocycles. The maximum Gasteiger partial charge on any atom is 0.240 e. The van der Waals surface area contributed by atoms with Crippen molar-refractivity contribution in [3.8, 4) is 0 Å². The number of β-amino-alcohol motifs (C(OH)–C–C–N with tert-alkyl or cyclic N) is 1. The molecule has 3 heterocycles. The lowest BCUT2D eigenvalue weighted by atomic mass is 10.0. The van der Waals surface area contributed by atoms with E-state index < -0.39 is 0 Å². The van der Waals surface area contributed by atoms with E-state index in [1.54, 1.807) is 0 Å². The zero-order valence-corrected chi connectivity index (χ0v) is 14.3. The van der Waals surface area contributed by atoms with Crippen molar-refractivity contribution in [2.24, 2.45) is 0 Å². The number of likely N-dealkylation sites (tertiary alicyclic amines) is 1. The molecule has 1 amide bonds. The van der Waals surface area contributed by atoms with Crippen LogP contribution in [0.1, 0.15) is 32.6 Å². The summed E-state index contributed by atoms with van der Waals surface area (Å²) in [5.41, 5.74) is 0. The second-order valence-corrected chi connectivity index (χ2v) is 7.13. The standard InChI is InChI=1S/C17H31N3O3/c1-14-13-19(8-7-18(14)9-10-21)17(22)16-3-2-6-20(16)15-4-11-23-12-5-15/h14-16,21H,2-13H2,1H3/t14-,16-/m1/s1. The topological polar surface area (TPSA) is 56.2 Å². The summed E-state index contributed by atoms with van der Waals surface area (Å²) in [6, 6.07) is 0.931.